The van der Waals surface area contributed by atoms with Crippen molar-refractivity contribution in [3.05, 3.63) is 92.6 Å². The maximum absolute atomic E-state index is 12.3. The van der Waals surface area contributed by atoms with Crippen molar-refractivity contribution >= 4 is 21.8 Å². The number of halogens is 1. The second kappa shape index (κ2) is 8.64. The molecule has 2 heterocycles. The quantitative estimate of drug-likeness (QED) is 0.655. The molecule has 0 aliphatic rings. The number of hydrogen-bond acceptors (Lipinski definition) is 4. The van der Waals surface area contributed by atoms with E-state index in [1.54, 1.807) is 30.1 Å². The van der Waals surface area contributed by atoms with Gasteiger partial charge in [0.1, 0.15) is 6.61 Å². The van der Waals surface area contributed by atoms with Gasteiger partial charge in [0.05, 0.1) is 18.3 Å². The van der Waals surface area contributed by atoms with Gasteiger partial charge in [0.15, 0.2) is 5.75 Å². The smallest absolute Gasteiger partial charge is 0.253 e. The van der Waals surface area contributed by atoms with Crippen molar-refractivity contribution < 1.29 is 9.53 Å². The number of nitrogens with zero attached hydrogens (tertiary/aromatic N) is 2. The number of rotatable bonds is 6. The zero-order valence-electron chi connectivity index (χ0n) is 14.7. The fraction of sp³-hybridized carbons (Fsp3) is 0.150. The molecule has 3 aromatic rings. The summed E-state index contributed by atoms with van der Waals surface area (Å²) in [5.74, 6) is 0.00766. The van der Waals surface area contributed by atoms with Crippen LogP contribution in [0.15, 0.2) is 70.3 Å². The fourth-order valence-electron chi connectivity index (χ4n) is 2.48. The summed E-state index contributed by atoms with van der Waals surface area (Å²) >= 11 is 3.29. The number of hydrogen-bond donors (Lipinski definition) is 1. The van der Waals surface area contributed by atoms with E-state index in [0.29, 0.717) is 17.9 Å². The highest BCUT2D eigenvalue weighted by Crippen LogP contribution is 2.11. The van der Waals surface area contributed by atoms with Crippen molar-refractivity contribution in [1.29, 1.82) is 0 Å². The Morgan fingerprint density at radius 1 is 1.22 bits per heavy atom. The van der Waals surface area contributed by atoms with Crippen molar-refractivity contribution in [1.82, 2.24) is 14.9 Å². The Bertz CT molecular complexity index is 1000. The van der Waals surface area contributed by atoms with Crippen LogP contribution in [0.1, 0.15) is 21.6 Å². The predicted octanol–water partition coefficient (Wildman–Crippen LogP) is 3.05. The Hall–Kier alpha value is -2.93. The third kappa shape index (κ3) is 5.04. The summed E-state index contributed by atoms with van der Waals surface area (Å²) in [5.41, 5.74) is 1.87. The van der Waals surface area contributed by atoms with E-state index >= 15 is 0 Å². The summed E-state index contributed by atoms with van der Waals surface area (Å²) in [6, 6.07) is 12.8. The number of aryl methyl sites for hydroxylation is 1. The molecule has 0 saturated carbocycles. The van der Waals surface area contributed by atoms with Gasteiger partial charge in [-0.15, -0.1) is 0 Å². The number of carbonyl (C=O) groups excluding carboxylic acids is 1. The lowest BCUT2D eigenvalue weighted by atomic mass is 10.2. The summed E-state index contributed by atoms with van der Waals surface area (Å²) in [4.78, 5) is 28.5. The average molecular weight is 428 g/mol. The zero-order valence-corrected chi connectivity index (χ0v) is 16.3. The second-order valence-corrected chi connectivity index (χ2v) is 6.87. The van der Waals surface area contributed by atoms with E-state index in [4.69, 9.17) is 4.74 Å². The molecule has 1 aromatic carbocycles. The van der Waals surface area contributed by atoms with Crippen LogP contribution < -0.4 is 15.5 Å². The normalized spacial score (nSPS) is 10.4. The number of carbonyl (C=O) groups is 1. The predicted molar refractivity (Wildman–Crippen MR) is 106 cm³/mol. The Morgan fingerprint density at radius 2 is 2.00 bits per heavy atom. The fourth-order valence-corrected chi connectivity index (χ4v) is 2.84. The minimum atomic E-state index is -0.263. The van der Waals surface area contributed by atoms with E-state index in [1.807, 2.05) is 30.3 Å². The Labute approximate surface area is 165 Å². The highest BCUT2D eigenvalue weighted by molar-refractivity contribution is 9.10. The largest absolute Gasteiger partial charge is 0.483 e. The number of ether oxygens (including phenoxy) is 1. The van der Waals surface area contributed by atoms with E-state index in [0.717, 1.165) is 10.0 Å². The maximum Gasteiger partial charge on any atom is 0.253 e. The van der Waals surface area contributed by atoms with Crippen LogP contribution in [-0.2, 0) is 20.2 Å². The first kappa shape index (κ1) is 18.8. The van der Waals surface area contributed by atoms with Crippen LogP contribution in [0, 0.1) is 0 Å². The van der Waals surface area contributed by atoms with Gasteiger partial charge in [0.25, 0.3) is 5.91 Å². The topological polar surface area (TPSA) is 73.2 Å². The second-order valence-electron chi connectivity index (χ2n) is 5.95. The number of aromatic nitrogens is 2. The van der Waals surface area contributed by atoms with Crippen LogP contribution in [0.25, 0.3) is 0 Å². The van der Waals surface area contributed by atoms with Crippen LogP contribution in [0.3, 0.4) is 0 Å². The zero-order chi connectivity index (χ0) is 19.2. The summed E-state index contributed by atoms with van der Waals surface area (Å²) < 4.78 is 8.12. The first-order valence-corrected chi connectivity index (χ1v) is 9.07. The number of pyridine rings is 2. The Balaban J connectivity index is 1.66. The lowest BCUT2D eigenvalue weighted by molar-refractivity contribution is 0.0949. The lowest BCUT2D eigenvalue weighted by Crippen LogP contribution is -2.26. The minimum absolute atomic E-state index is 0.218. The van der Waals surface area contributed by atoms with E-state index in [9.17, 15) is 9.59 Å². The van der Waals surface area contributed by atoms with E-state index in [1.165, 1.54) is 12.3 Å². The van der Waals surface area contributed by atoms with Crippen LogP contribution in [0.4, 0.5) is 0 Å². The molecule has 6 nitrogen and oxygen atoms in total. The molecule has 1 amide bonds. The highest BCUT2D eigenvalue weighted by Gasteiger charge is 2.10. The summed E-state index contributed by atoms with van der Waals surface area (Å²) in [6.07, 6.45) is 4.72. The molecule has 0 aliphatic heterocycles. The molecule has 0 fully saturated rings. The summed E-state index contributed by atoms with van der Waals surface area (Å²) in [7, 11) is 1.80. The molecule has 3 rings (SSSR count). The van der Waals surface area contributed by atoms with Gasteiger partial charge in [0.2, 0.25) is 5.43 Å². The molecular formula is C20H18BrN3O3. The number of benzene rings is 1. The van der Waals surface area contributed by atoms with Crippen LogP contribution in [-0.4, -0.2) is 15.5 Å². The monoisotopic (exact) mass is 427 g/mol. The van der Waals surface area contributed by atoms with Gasteiger partial charge in [0, 0.05) is 35.7 Å². The number of nitrogens with one attached hydrogen (secondary N) is 1. The van der Waals surface area contributed by atoms with Gasteiger partial charge < -0.3 is 14.6 Å². The van der Waals surface area contributed by atoms with Gasteiger partial charge in [-0.25, -0.2) is 0 Å². The Kier molecular flexibility index (Phi) is 6.03. The van der Waals surface area contributed by atoms with Crippen molar-refractivity contribution in [2.75, 3.05) is 0 Å². The van der Waals surface area contributed by atoms with Crippen molar-refractivity contribution in [3.63, 3.8) is 0 Å². The molecule has 0 atom stereocenters. The molecule has 2 aromatic heterocycles. The third-order valence-electron chi connectivity index (χ3n) is 3.94. The summed E-state index contributed by atoms with van der Waals surface area (Å²) in [5, 5.41) is 2.79. The maximum atomic E-state index is 12.3. The molecule has 0 bridgehead atoms. The SMILES string of the molecule is Cn1cc(OCc2ccccc2)c(=O)cc1CNC(=O)c1cncc(Br)c1. The van der Waals surface area contributed by atoms with E-state index in [-0.39, 0.29) is 23.6 Å². The molecule has 0 spiro atoms. The molecule has 1 N–H and O–H groups in total. The molecular weight excluding hydrogens is 410 g/mol. The molecule has 0 radical (unpaired) electrons. The van der Waals surface area contributed by atoms with Crippen LogP contribution in [0.5, 0.6) is 5.75 Å². The first-order valence-electron chi connectivity index (χ1n) is 8.28. The standard InChI is InChI=1S/C20H18BrN3O3/c1-24-12-19(27-13-14-5-3-2-4-6-14)18(25)8-17(24)11-23-20(26)15-7-16(21)10-22-9-15/h2-10,12H,11,13H2,1H3,(H,23,26). The van der Waals surface area contributed by atoms with Gasteiger partial charge >= 0.3 is 0 Å². The van der Waals surface area contributed by atoms with Gasteiger partial charge in [-0.3, -0.25) is 14.6 Å². The average Bonchev–Trinajstić information content (AvgIpc) is 2.67. The minimum Gasteiger partial charge on any atom is -0.483 e. The third-order valence-corrected chi connectivity index (χ3v) is 4.37. The molecule has 0 aliphatic carbocycles. The van der Waals surface area contributed by atoms with Crippen molar-refractivity contribution in [2.24, 2.45) is 7.05 Å². The van der Waals surface area contributed by atoms with Gasteiger partial charge in [-0.05, 0) is 27.6 Å². The lowest BCUT2D eigenvalue weighted by Gasteiger charge is -2.12. The van der Waals surface area contributed by atoms with E-state index in [2.05, 4.69) is 26.2 Å². The number of amides is 1. The highest BCUT2D eigenvalue weighted by atomic mass is 79.9. The molecule has 138 valence electrons. The van der Waals surface area contributed by atoms with Gasteiger partial charge in [-0.1, -0.05) is 30.3 Å². The van der Waals surface area contributed by atoms with Crippen molar-refractivity contribution in [2.45, 2.75) is 13.2 Å². The Morgan fingerprint density at radius 3 is 2.74 bits per heavy atom. The molecule has 0 saturated heterocycles. The van der Waals surface area contributed by atoms with Crippen molar-refractivity contribution in [3.8, 4) is 5.75 Å². The van der Waals surface area contributed by atoms with Crippen LogP contribution in [0.2, 0.25) is 0 Å². The molecule has 27 heavy (non-hydrogen) atoms. The first-order chi connectivity index (χ1) is 13.0. The summed E-state index contributed by atoms with van der Waals surface area (Å²) in [6.45, 7) is 0.540. The van der Waals surface area contributed by atoms with E-state index < -0.39 is 0 Å². The molecule has 0 unspecified atom stereocenters. The van der Waals surface area contributed by atoms with Gasteiger partial charge in [-0.2, -0.15) is 0 Å². The molecule has 7 heteroatoms. The van der Waals surface area contributed by atoms with Crippen LogP contribution >= 0.6 is 15.9 Å².